The Morgan fingerprint density at radius 3 is 2.88 bits per heavy atom. The Labute approximate surface area is 145 Å². The van der Waals surface area contributed by atoms with Crippen molar-refractivity contribution in [3.8, 4) is 0 Å². The van der Waals surface area contributed by atoms with Gasteiger partial charge in [0.15, 0.2) is 9.84 Å². The summed E-state index contributed by atoms with van der Waals surface area (Å²) in [7, 11) is -2.05. The van der Waals surface area contributed by atoms with Crippen molar-refractivity contribution >= 4 is 39.1 Å². The van der Waals surface area contributed by atoms with Crippen LogP contribution in [0.1, 0.15) is 13.3 Å². The Morgan fingerprint density at radius 1 is 1.42 bits per heavy atom. The monoisotopic (exact) mass is 372 g/mol. The molecule has 0 radical (unpaired) electrons. The number of hydrogen-bond acceptors (Lipinski definition) is 6. The van der Waals surface area contributed by atoms with Crippen LogP contribution in [0.4, 0.5) is 5.69 Å². The van der Waals surface area contributed by atoms with Gasteiger partial charge in [-0.15, -0.1) is 11.8 Å². The van der Waals surface area contributed by atoms with E-state index < -0.39 is 9.84 Å². The molecule has 1 aromatic carbocycles. The van der Waals surface area contributed by atoms with Crippen molar-refractivity contribution in [2.24, 2.45) is 0 Å². The minimum absolute atomic E-state index is 0.101. The molecule has 0 aromatic heterocycles. The molecule has 1 aromatic rings. The number of fused-ring (bicyclic) bond motifs is 1. The van der Waals surface area contributed by atoms with Gasteiger partial charge in [-0.1, -0.05) is 0 Å². The van der Waals surface area contributed by atoms with E-state index >= 15 is 0 Å². The van der Waals surface area contributed by atoms with Crippen molar-refractivity contribution in [3.63, 3.8) is 0 Å². The van der Waals surface area contributed by atoms with Crippen LogP contribution < -0.4 is 10.6 Å². The number of nitrogens with one attached hydrogen (secondary N) is 2. The summed E-state index contributed by atoms with van der Waals surface area (Å²) in [6.45, 7) is 2.49. The van der Waals surface area contributed by atoms with Gasteiger partial charge >= 0.3 is 0 Å². The highest BCUT2D eigenvalue weighted by molar-refractivity contribution is 8.01. The van der Waals surface area contributed by atoms with Gasteiger partial charge in [0.05, 0.1) is 28.2 Å². The molecule has 0 aliphatic carbocycles. The highest BCUT2D eigenvalue weighted by Crippen LogP contribution is 2.37. The predicted octanol–water partition coefficient (Wildman–Crippen LogP) is 1.05. The Hall–Kier alpha value is -1.58. The summed E-state index contributed by atoms with van der Waals surface area (Å²) in [5.41, 5.74) is 0.611. The number of amides is 2. The maximum atomic E-state index is 12.4. The van der Waals surface area contributed by atoms with Gasteiger partial charge in [-0.25, -0.2) is 8.42 Å². The molecule has 1 aliphatic rings. The molecule has 132 valence electrons. The highest BCUT2D eigenvalue weighted by Gasteiger charge is 2.25. The largest absolute Gasteiger partial charge is 0.383 e. The number of carbonyl (C=O) groups excluding carboxylic acids is 2. The molecule has 1 atom stereocenters. The van der Waals surface area contributed by atoms with Gasteiger partial charge in [-0.2, -0.15) is 0 Å². The van der Waals surface area contributed by atoms with Crippen molar-refractivity contribution in [1.82, 2.24) is 5.32 Å². The molecule has 7 nitrogen and oxygen atoms in total. The lowest BCUT2D eigenvalue weighted by atomic mass is 10.3. The molecule has 9 heteroatoms. The van der Waals surface area contributed by atoms with Crippen LogP contribution in [0, 0.1) is 0 Å². The van der Waals surface area contributed by atoms with E-state index in [9.17, 15) is 18.0 Å². The summed E-state index contributed by atoms with van der Waals surface area (Å²) in [6.07, 6.45) is -0.108. The zero-order valence-electron chi connectivity index (χ0n) is 13.5. The molecule has 0 saturated heterocycles. The molecule has 1 aliphatic heterocycles. The Balaban J connectivity index is 2.03. The summed E-state index contributed by atoms with van der Waals surface area (Å²) in [6, 6.07) is 4.58. The van der Waals surface area contributed by atoms with E-state index in [4.69, 9.17) is 4.74 Å². The molecule has 0 fully saturated rings. The lowest BCUT2D eigenvalue weighted by Gasteiger charge is -2.21. The van der Waals surface area contributed by atoms with Gasteiger partial charge in [0.25, 0.3) is 0 Å². The fourth-order valence-electron chi connectivity index (χ4n) is 2.10. The highest BCUT2D eigenvalue weighted by atomic mass is 32.2. The third-order valence-electron chi connectivity index (χ3n) is 3.47. The maximum Gasteiger partial charge on any atom is 0.237 e. The van der Waals surface area contributed by atoms with Crippen LogP contribution in [0.2, 0.25) is 0 Å². The van der Waals surface area contributed by atoms with Gasteiger partial charge < -0.3 is 15.4 Å². The zero-order valence-corrected chi connectivity index (χ0v) is 15.1. The molecule has 2 N–H and O–H groups in total. The molecular formula is C15H20N2O5S2. The Kier molecular flexibility index (Phi) is 6.25. The number of benzene rings is 1. The molecule has 1 unspecified atom stereocenters. The standard InChI is InChI=1S/C15H20N2O5S2/c1-10-15(19)17-12-4-3-11(9-13(12)23-10)24(20,21)8-5-14(18)16-6-7-22-2/h3-4,9-10H,5-8H2,1-2H3,(H,16,18)(H,17,19). The quantitative estimate of drug-likeness (QED) is 0.694. The minimum Gasteiger partial charge on any atom is -0.383 e. The minimum atomic E-state index is -3.57. The van der Waals surface area contributed by atoms with Gasteiger partial charge in [-0.05, 0) is 25.1 Å². The van der Waals surface area contributed by atoms with Crippen LogP contribution >= 0.6 is 11.8 Å². The van der Waals surface area contributed by atoms with Crippen LogP contribution in [0.5, 0.6) is 0 Å². The summed E-state index contributed by atoms with van der Waals surface area (Å²) in [5.74, 6) is -0.698. The number of anilines is 1. The molecule has 1 heterocycles. The fraction of sp³-hybridized carbons (Fsp3) is 0.467. The molecule has 24 heavy (non-hydrogen) atoms. The number of carbonyl (C=O) groups is 2. The van der Waals surface area contributed by atoms with Gasteiger partial charge in [0.2, 0.25) is 11.8 Å². The summed E-state index contributed by atoms with van der Waals surface area (Å²) >= 11 is 1.32. The number of thioether (sulfide) groups is 1. The van der Waals surface area contributed by atoms with Gasteiger partial charge in [0, 0.05) is 25.0 Å². The number of methoxy groups -OCH3 is 1. The van der Waals surface area contributed by atoms with Gasteiger partial charge in [0.1, 0.15) is 0 Å². The molecule has 2 amide bonds. The van der Waals surface area contributed by atoms with Crippen LogP contribution in [-0.2, 0) is 24.2 Å². The first-order valence-corrected chi connectivity index (χ1v) is 9.96. The zero-order chi connectivity index (χ0) is 17.7. The van der Waals surface area contributed by atoms with E-state index in [-0.39, 0.29) is 34.1 Å². The average Bonchev–Trinajstić information content (AvgIpc) is 2.54. The normalized spacial score (nSPS) is 17.1. The van der Waals surface area contributed by atoms with E-state index in [0.717, 1.165) is 0 Å². The number of sulfone groups is 1. The van der Waals surface area contributed by atoms with E-state index in [1.54, 1.807) is 19.1 Å². The van der Waals surface area contributed by atoms with Crippen LogP contribution in [0.15, 0.2) is 28.0 Å². The third kappa shape index (κ3) is 4.71. The molecule has 2 rings (SSSR count). The van der Waals surface area contributed by atoms with E-state index in [0.29, 0.717) is 23.7 Å². The number of ether oxygens (including phenoxy) is 1. The SMILES string of the molecule is COCCNC(=O)CCS(=O)(=O)c1ccc2c(c1)SC(C)C(=O)N2. The van der Waals surface area contributed by atoms with Crippen LogP contribution in [-0.4, -0.2) is 51.5 Å². The molecular weight excluding hydrogens is 352 g/mol. The lowest BCUT2D eigenvalue weighted by molar-refractivity contribution is -0.121. The van der Waals surface area contributed by atoms with Crippen molar-refractivity contribution in [2.45, 2.75) is 28.4 Å². The van der Waals surface area contributed by atoms with Crippen molar-refractivity contribution in [1.29, 1.82) is 0 Å². The predicted molar refractivity (Wildman–Crippen MR) is 91.9 cm³/mol. The van der Waals surface area contributed by atoms with Crippen molar-refractivity contribution < 1.29 is 22.7 Å². The van der Waals surface area contributed by atoms with E-state index in [1.807, 2.05) is 0 Å². The smallest absolute Gasteiger partial charge is 0.237 e. The van der Waals surface area contributed by atoms with E-state index in [1.165, 1.54) is 24.9 Å². The Morgan fingerprint density at radius 2 is 2.17 bits per heavy atom. The first-order valence-electron chi connectivity index (χ1n) is 7.43. The average molecular weight is 372 g/mol. The second kappa shape index (κ2) is 8.00. The topological polar surface area (TPSA) is 102 Å². The lowest BCUT2D eigenvalue weighted by Crippen LogP contribution is -2.28. The number of hydrogen-bond donors (Lipinski definition) is 2. The first-order chi connectivity index (χ1) is 11.3. The third-order valence-corrected chi connectivity index (χ3v) is 6.34. The second-order valence-corrected chi connectivity index (χ2v) is 8.81. The summed E-state index contributed by atoms with van der Waals surface area (Å²) < 4.78 is 29.6. The summed E-state index contributed by atoms with van der Waals surface area (Å²) in [4.78, 5) is 24.1. The Bertz CT molecular complexity index is 733. The second-order valence-electron chi connectivity index (χ2n) is 5.32. The molecule has 0 bridgehead atoms. The van der Waals surface area contributed by atoms with Crippen LogP contribution in [0.25, 0.3) is 0 Å². The van der Waals surface area contributed by atoms with Gasteiger partial charge in [-0.3, -0.25) is 9.59 Å². The molecule has 0 spiro atoms. The van der Waals surface area contributed by atoms with Crippen molar-refractivity contribution in [2.75, 3.05) is 31.3 Å². The van der Waals surface area contributed by atoms with Crippen molar-refractivity contribution in [3.05, 3.63) is 18.2 Å². The summed E-state index contributed by atoms with van der Waals surface area (Å²) in [5, 5.41) is 5.05. The van der Waals surface area contributed by atoms with Crippen LogP contribution in [0.3, 0.4) is 0 Å². The fourth-order valence-corrected chi connectivity index (χ4v) is 4.43. The maximum absolute atomic E-state index is 12.4. The molecule has 0 saturated carbocycles. The first kappa shape index (κ1) is 18.8. The number of rotatable bonds is 7. The van der Waals surface area contributed by atoms with E-state index in [2.05, 4.69) is 10.6 Å².